The molecule has 0 amide bonds. The Morgan fingerprint density at radius 1 is 0.514 bits per heavy atom. The molecule has 0 aromatic heterocycles. The highest BCUT2D eigenvalue weighted by Crippen LogP contribution is 2.42. The van der Waals surface area contributed by atoms with Gasteiger partial charge in [0.05, 0.1) is 0 Å². The summed E-state index contributed by atoms with van der Waals surface area (Å²) < 4.78 is 16.0. The topological polar surface area (TPSA) is 78.9 Å². The van der Waals surface area contributed by atoms with Gasteiger partial charge in [-0.2, -0.15) is 37.9 Å². The minimum atomic E-state index is -2.70. The first-order valence-electron chi connectivity index (χ1n) is 11.4. The number of thiol groups is 3. The fourth-order valence-corrected chi connectivity index (χ4v) is 5.20. The fraction of sp³-hybridized carbons (Fsp3) is 0.222. The van der Waals surface area contributed by atoms with E-state index in [4.69, 9.17) is 13.6 Å². The Bertz CT molecular complexity index is 1000. The molecule has 0 fully saturated rings. The first-order valence-corrected chi connectivity index (χ1v) is 14.1. The zero-order valence-electron chi connectivity index (χ0n) is 19.8. The number of hydrogen-bond acceptors (Lipinski definition) is 9. The van der Waals surface area contributed by atoms with Gasteiger partial charge in [-0.25, -0.2) is 0 Å². The van der Waals surface area contributed by atoms with Gasteiger partial charge in [-0.15, -0.1) is 0 Å². The molecule has 0 aliphatic carbocycles. The van der Waals surface area contributed by atoms with Gasteiger partial charge in [-0.3, -0.25) is 14.4 Å². The van der Waals surface area contributed by atoms with E-state index in [9.17, 15) is 14.4 Å². The van der Waals surface area contributed by atoms with Crippen molar-refractivity contribution < 1.29 is 28.0 Å². The highest BCUT2D eigenvalue weighted by molar-refractivity contribution is 7.82. The van der Waals surface area contributed by atoms with Gasteiger partial charge < -0.3 is 13.6 Å². The summed E-state index contributed by atoms with van der Waals surface area (Å²) in [6, 6.07) is 27.8. The van der Waals surface area contributed by atoms with Crippen LogP contribution in [0, 0.1) is 0 Å². The Hall–Kier alpha value is -2.45. The van der Waals surface area contributed by atoms with Crippen LogP contribution < -0.4 is 0 Å². The molecule has 6 nitrogen and oxygen atoms in total. The lowest BCUT2D eigenvalue weighted by Crippen LogP contribution is -2.25. The third kappa shape index (κ3) is 10.1. The van der Waals surface area contributed by atoms with Crippen LogP contribution in [-0.2, 0) is 47.2 Å². The van der Waals surface area contributed by atoms with Crippen molar-refractivity contribution in [3.63, 3.8) is 0 Å². The molecule has 10 heteroatoms. The second-order valence-electron chi connectivity index (χ2n) is 8.07. The summed E-state index contributed by atoms with van der Waals surface area (Å²) in [6.07, 6.45) is 0.834. The van der Waals surface area contributed by atoms with Crippen molar-refractivity contribution in [3.05, 3.63) is 108 Å². The van der Waals surface area contributed by atoms with Crippen LogP contribution in [0.25, 0.3) is 0 Å². The van der Waals surface area contributed by atoms with Crippen molar-refractivity contribution in [1.29, 1.82) is 0 Å². The molecule has 3 aromatic carbocycles. The Kier molecular flexibility index (Phi) is 11.9. The molecule has 0 N–H and O–H groups in total. The molecule has 0 saturated carbocycles. The first-order chi connectivity index (χ1) is 17.8. The second-order valence-corrected chi connectivity index (χ2v) is 10.9. The average molecular weight is 575 g/mol. The zero-order chi connectivity index (χ0) is 26.6. The molecule has 37 heavy (non-hydrogen) atoms. The molecule has 194 valence electrons. The summed E-state index contributed by atoms with van der Waals surface area (Å²) in [5.74, 6) is -2.34. The van der Waals surface area contributed by atoms with Crippen LogP contribution >= 0.6 is 46.5 Å². The van der Waals surface area contributed by atoms with Gasteiger partial charge >= 0.3 is 26.5 Å². The van der Waals surface area contributed by atoms with E-state index in [1.165, 1.54) is 0 Å². The molecule has 0 spiro atoms. The van der Waals surface area contributed by atoms with E-state index in [0.29, 0.717) is 0 Å². The standard InChI is InChI=1S/C27H27O6PS3/c28-25(22(35)16-19-10-4-1-5-11-19)31-34(32-26(29)23(36)17-20-12-6-2-7-13-20)33-27(30)24(37)18-21-14-8-3-9-15-21/h1-15,22-24,35-37H,16-18H2. The van der Waals surface area contributed by atoms with E-state index < -0.39 is 42.3 Å². The Morgan fingerprint density at radius 2 is 0.757 bits per heavy atom. The minimum Gasteiger partial charge on any atom is -0.374 e. The summed E-state index contributed by atoms with van der Waals surface area (Å²) in [7, 11) is -2.70. The predicted octanol–water partition coefficient (Wildman–Crippen LogP) is 5.47. The molecule has 3 unspecified atom stereocenters. The maximum Gasteiger partial charge on any atom is 0.537 e. The molecule has 0 bridgehead atoms. The van der Waals surface area contributed by atoms with Crippen LogP contribution in [0.1, 0.15) is 16.7 Å². The van der Waals surface area contributed by atoms with Crippen LogP contribution in [0.15, 0.2) is 91.0 Å². The third-order valence-electron chi connectivity index (χ3n) is 5.13. The van der Waals surface area contributed by atoms with Crippen LogP contribution in [0.3, 0.4) is 0 Å². The van der Waals surface area contributed by atoms with Crippen molar-refractivity contribution >= 4 is 64.4 Å². The van der Waals surface area contributed by atoms with Crippen LogP contribution in [0.2, 0.25) is 0 Å². The number of carbonyl (C=O) groups excluding carboxylic acids is 3. The van der Waals surface area contributed by atoms with Gasteiger partial charge in [-0.1, -0.05) is 91.0 Å². The second kappa shape index (κ2) is 15.1. The molecular formula is C27H27O6PS3. The van der Waals surface area contributed by atoms with Gasteiger partial charge in [0.15, 0.2) is 0 Å². The van der Waals surface area contributed by atoms with E-state index >= 15 is 0 Å². The molecule has 3 rings (SSSR count). The van der Waals surface area contributed by atoms with E-state index in [-0.39, 0.29) is 19.3 Å². The molecule has 3 aromatic rings. The lowest BCUT2D eigenvalue weighted by molar-refractivity contribution is -0.141. The Labute approximate surface area is 234 Å². The highest BCUT2D eigenvalue weighted by atomic mass is 32.1. The number of benzene rings is 3. The van der Waals surface area contributed by atoms with Gasteiger partial charge in [0.2, 0.25) is 0 Å². The SMILES string of the molecule is O=C(OP(OC(=O)C(S)Cc1ccccc1)OC(=O)C(S)Cc1ccccc1)C(S)Cc1ccccc1. The summed E-state index contributed by atoms with van der Waals surface area (Å²) in [6.45, 7) is 0. The minimum absolute atomic E-state index is 0.278. The summed E-state index contributed by atoms with van der Waals surface area (Å²) in [5, 5.41) is -2.59. The van der Waals surface area contributed by atoms with E-state index in [1.54, 1.807) is 0 Å². The van der Waals surface area contributed by atoms with Gasteiger partial charge in [0.25, 0.3) is 0 Å². The first kappa shape index (κ1) is 29.1. The lowest BCUT2D eigenvalue weighted by atomic mass is 10.1. The van der Waals surface area contributed by atoms with E-state index in [2.05, 4.69) is 37.9 Å². The van der Waals surface area contributed by atoms with Gasteiger partial charge in [-0.05, 0) is 36.0 Å². The molecular weight excluding hydrogens is 547 g/mol. The van der Waals surface area contributed by atoms with Gasteiger partial charge in [0, 0.05) is 0 Å². The molecule has 0 heterocycles. The molecule has 0 radical (unpaired) electrons. The van der Waals surface area contributed by atoms with Crippen LogP contribution in [-0.4, -0.2) is 33.7 Å². The van der Waals surface area contributed by atoms with Crippen molar-refractivity contribution in [3.8, 4) is 0 Å². The Balaban J connectivity index is 1.66. The Morgan fingerprint density at radius 3 is 1.00 bits per heavy atom. The maximum absolute atomic E-state index is 12.7. The summed E-state index contributed by atoms with van der Waals surface area (Å²) >= 11 is 13.0. The van der Waals surface area contributed by atoms with Crippen molar-refractivity contribution in [1.82, 2.24) is 0 Å². The smallest absolute Gasteiger partial charge is 0.374 e. The summed E-state index contributed by atoms with van der Waals surface area (Å²) in [5.41, 5.74) is 2.61. The van der Waals surface area contributed by atoms with E-state index in [1.807, 2.05) is 91.0 Å². The summed E-state index contributed by atoms with van der Waals surface area (Å²) in [4.78, 5) is 38.2. The molecule has 0 aliphatic heterocycles. The normalized spacial score (nSPS) is 14.0. The van der Waals surface area contributed by atoms with E-state index in [0.717, 1.165) is 16.7 Å². The number of rotatable bonds is 12. The third-order valence-corrected chi connectivity index (χ3v) is 7.29. The monoisotopic (exact) mass is 574 g/mol. The largest absolute Gasteiger partial charge is 0.537 e. The molecule has 0 saturated heterocycles. The average Bonchev–Trinajstić information content (AvgIpc) is 2.90. The molecule has 3 atom stereocenters. The lowest BCUT2D eigenvalue weighted by Gasteiger charge is -2.20. The zero-order valence-corrected chi connectivity index (χ0v) is 23.3. The van der Waals surface area contributed by atoms with Gasteiger partial charge in [0.1, 0.15) is 15.7 Å². The predicted molar refractivity (Wildman–Crippen MR) is 154 cm³/mol. The maximum atomic E-state index is 12.7. The highest BCUT2D eigenvalue weighted by Gasteiger charge is 2.34. The molecule has 0 aliphatic rings. The number of hydrogen-bond donors (Lipinski definition) is 3. The van der Waals surface area contributed by atoms with Crippen LogP contribution in [0.4, 0.5) is 0 Å². The van der Waals surface area contributed by atoms with Crippen LogP contribution in [0.5, 0.6) is 0 Å². The van der Waals surface area contributed by atoms with Crippen molar-refractivity contribution in [2.75, 3.05) is 0 Å². The fourth-order valence-electron chi connectivity index (χ4n) is 3.22. The van der Waals surface area contributed by atoms with Crippen molar-refractivity contribution in [2.45, 2.75) is 35.0 Å². The van der Waals surface area contributed by atoms with Crippen molar-refractivity contribution in [2.24, 2.45) is 0 Å². The quantitative estimate of drug-likeness (QED) is 0.197. The number of carbonyl (C=O) groups is 3.